The first-order valence-corrected chi connectivity index (χ1v) is 9.61. The maximum absolute atomic E-state index is 13.4. The van der Waals surface area contributed by atoms with Crippen LogP contribution in [-0.4, -0.2) is 28.9 Å². The van der Waals surface area contributed by atoms with Crippen molar-refractivity contribution in [2.24, 2.45) is 0 Å². The predicted octanol–water partition coefficient (Wildman–Crippen LogP) is 3.50. The van der Waals surface area contributed by atoms with E-state index in [1.165, 1.54) is 6.07 Å². The number of hydrogen-bond acceptors (Lipinski definition) is 4. The van der Waals surface area contributed by atoms with Gasteiger partial charge < -0.3 is 5.32 Å². The minimum atomic E-state index is -0.171. The number of thioether (sulfide) groups is 2. The Kier molecular flexibility index (Phi) is 7.97. The highest BCUT2D eigenvalue weighted by molar-refractivity contribution is 7.99. The first kappa shape index (κ1) is 17.8. The molecular formula is C17H19FN2OS2. The van der Waals surface area contributed by atoms with Gasteiger partial charge in [-0.25, -0.2) is 4.39 Å². The van der Waals surface area contributed by atoms with Crippen LogP contribution in [0.1, 0.15) is 11.1 Å². The summed E-state index contributed by atoms with van der Waals surface area (Å²) in [7, 11) is 0. The van der Waals surface area contributed by atoms with E-state index >= 15 is 0 Å². The molecule has 1 amide bonds. The fourth-order valence-electron chi connectivity index (χ4n) is 1.86. The van der Waals surface area contributed by atoms with Gasteiger partial charge in [0.15, 0.2) is 0 Å². The van der Waals surface area contributed by atoms with Gasteiger partial charge in [-0.2, -0.15) is 11.8 Å². The molecule has 0 atom stereocenters. The summed E-state index contributed by atoms with van der Waals surface area (Å²) >= 11 is 3.18. The van der Waals surface area contributed by atoms with Crippen LogP contribution in [0.4, 0.5) is 4.39 Å². The topological polar surface area (TPSA) is 42.0 Å². The summed E-state index contributed by atoms with van der Waals surface area (Å²) in [5.41, 5.74) is 1.82. The summed E-state index contributed by atoms with van der Waals surface area (Å²) in [5, 5.41) is 2.88. The van der Waals surface area contributed by atoms with Crippen molar-refractivity contribution in [2.75, 3.05) is 18.1 Å². The first-order valence-electron chi connectivity index (χ1n) is 7.30. The van der Waals surface area contributed by atoms with Gasteiger partial charge in [0.2, 0.25) is 5.91 Å². The lowest BCUT2D eigenvalue weighted by Crippen LogP contribution is -2.27. The molecule has 6 heteroatoms. The molecule has 0 saturated heterocycles. The molecule has 0 fully saturated rings. The quantitative estimate of drug-likeness (QED) is 0.703. The van der Waals surface area contributed by atoms with E-state index in [-0.39, 0.29) is 11.7 Å². The van der Waals surface area contributed by atoms with Gasteiger partial charge in [-0.15, -0.1) is 11.8 Å². The fourth-order valence-corrected chi connectivity index (χ4v) is 3.50. The monoisotopic (exact) mass is 350 g/mol. The van der Waals surface area contributed by atoms with Crippen LogP contribution in [0.5, 0.6) is 0 Å². The second-order valence-corrected chi connectivity index (χ2v) is 6.94. The summed E-state index contributed by atoms with van der Waals surface area (Å²) in [6.07, 6.45) is 3.55. The van der Waals surface area contributed by atoms with Crippen LogP contribution >= 0.6 is 23.5 Å². The second kappa shape index (κ2) is 10.3. The van der Waals surface area contributed by atoms with Crippen molar-refractivity contribution in [3.8, 4) is 0 Å². The minimum absolute atomic E-state index is 0.0328. The highest BCUT2D eigenvalue weighted by atomic mass is 32.2. The molecule has 122 valence electrons. The van der Waals surface area contributed by atoms with E-state index in [0.29, 0.717) is 23.6 Å². The number of benzene rings is 1. The van der Waals surface area contributed by atoms with E-state index in [1.807, 2.05) is 24.4 Å². The molecule has 2 aromatic rings. The average molecular weight is 350 g/mol. The highest BCUT2D eigenvalue weighted by Gasteiger charge is 2.03. The highest BCUT2D eigenvalue weighted by Crippen LogP contribution is 2.14. The Balaban J connectivity index is 1.52. The number of carbonyl (C=O) groups is 1. The summed E-state index contributed by atoms with van der Waals surface area (Å²) in [6.45, 7) is 0.603. The van der Waals surface area contributed by atoms with Crippen LogP contribution in [-0.2, 0) is 16.3 Å². The van der Waals surface area contributed by atoms with Crippen molar-refractivity contribution in [1.29, 1.82) is 0 Å². The van der Waals surface area contributed by atoms with E-state index in [0.717, 1.165) is 17.1 Å². The summed E-state index contributed by atoms with van der Waals surface area (Å²) in [6, 6.07) is 10.7. The Morgan fingerprint density at radius 2 is 2.00 bits per heavy atom. The maximum atomic E-state index is 13.4. The van der Waals surface area contributed by atoms with Crippen LogP contribution in [0.3, 0.4) is 0 Å². The van der Waals surface area contributed by atoms with Gasteiger partial charge in [-0.3, -0.25) is 9.78 Å². The summed E-state index contributed by atoms with van der Waals surface area (Å²) < 4.78 is 13.4. The Morgan fingerprint density at radius 1 is 1.13 bits per heavy atom. The van der Waals surface area contributed by atoms with Crippen molar-refractivity contribution in [1.82, 2.24) is 10.3 Å². The van der Waals surface area contributed by atoms with Crippen molar-refractivity contribution in [2.45, 2.75) is 11.5 Å². The van der Waals surface area contributed by atoms with E-state index in [2.05, 4.69) is 10.3 Å². The number of nitrogens with one attached hydrogen (secondary N) is 1. The number of rotatable bonds is 9. The van der Waals surface area contributed by atoms with Crippen LogP contribution in [0.15, 0.2) is 48.8 Å². The molecule has 2 rings (SSSR count). The average Bonchev–Trinajstić information content (AvgIpc) is 2.57. The maximum Gasteiger partial charge on any atom is 0.230 e. The first-order chi connectivity index (χ1) is 11.3. The van der Waals surface area contributed by atoms with Crippen molar-refractivity contribution in [3.63, 3.8) is 0 Å². The van der Waals surface area contributed by atoms with Crippen LogP contribution in [0.2, 0.25) is 0 Å². The number of aromatic nitrogens is 1. The third kappa shape index (κ3) is 7.05. The van der Waals surface area contributed by atoms with Crippen LogP contribution in [0.25, 0.3) is 0 Å². The fraction of sp³-hybridized carbons (Fsp3) is 0.294. The van der Waals surface area contributed by atoms with Crippen molar-refractivity contribution >= 4 is 29.4 Å². The van der Waals surface area contributed by atoms with Crippen molar-refractivity contribution in [3.05, 3.63) is 65.7 Å². The molecule has 3 nitrogen and oxygen atoms in total. The van der Waals surface area contributed by atoms with E-state index in [9.17, 15) is 9.18 Å². The standard InChI is InChI=1S/C17H19FN2OS2/c18-16-6-2-1-5-15(16)12-22-9-8-20-17(21)13-23-11-14-4-3-7-19-10-14/h1-7,10H,8-9,11-13H2,(H,20,21). The molecule has 1 aromatic heterocycles. The zero-order chi connectivity index (χ0) is 16.3. The second-order valence-electron chi connectivity index (χ2n) is 4.85. The van der Waals surface area contributed by atoms with Gasteiger partial charge in [0.1, 0.15) is 5.82 Å². The number of nitrogens with zero attached hydrogens (tertiary/aromatic N) is 1. The zero-order valence-electron chi connectivity index (χ0n) is 12.7. The largest absolute Gasteiger partial charge is 0.355 e. The molecular weight excluding hydrogens is 331 g/mol. The van der Waals surface area contributed by atoms with Gasteiger partial charge in [0.05, 0.1) is 5.75 Å². The molecule has 0 aliphatic heterocycles. The SMILES string of the molecule is O=C(CSCc1cccnc1)NCCSCc1ccccc1F. The smallest absolute Gasteiger partial charge is 0.230 e. The van der Waals surface area contributed by atoms with Crippen LogP contribution < -0.4 is 5.32 Å². The molecule has 0 radical (unpaired) electrons. The number of amides is 1. The van der Waals surface area contributed by atoms with Gasteiger partial charge in [0.25, 0.3) is 0 Å². The zero-order valence-corrected chi connectivity index (χ0v) is 14.3. The van der Waals surface area contributed by atoms with Gasteiger partial charge >= 0.3 is 0 Å². The Morgan fingerprint density at radius 3 is 2.78 bits per heavy atom. The molecule has 1 heterocycles. The minimum Gasteiger partial charge on any atom is -0.355 e. The Labute approximate surface area is 144 Å². The summed E-state index contributed by atoms with van der Waals surface area (Å²) in [5.74, 6) is 2.48. The molecule has 0 aliphatic carbocycles. The molecule has 1 N–H and O–H groups in total. The van der Waals surface area contributed by atoms with E-state index in [1.54, 1.807) is 41.9 Å². The van der Waals surface area contributed by atoms with Gasteiger partial charge in [-0.1, -0.05) is 24.3 Å². The predicted molar refractivity (Wildman–Crippen MR) is 96.0 cm³/mol. The lowest BCUT2D eigenvalue weighted by Gasteiger charge is -2.06. The Hall–Kier alpha value is -1.53. The molecule has 0 unspecified atom stereocenters. The molecule has 0 bridgehead atoms. The number of carbonyl (C=O) groups excluding carboxylic acids is 1. The van der Waals surface area contributed by atoms with Gasteiger partial charge in [-0.05, 0) is 23.3 Å². The van der Waals surface area contributed by atoms with Crippen molar-refractivity contribution < 1.29 is 9.18 Å². The van der Waals surface area contributed by atoms with E-state index < -0.39 is 0 Å². The number of pyridine rings is 1. The normalized spacial score (nSPS) is 10.5. The lowest BCUT2D eigenvalue weighted by atomic mass is 10.2. The molecule has 0 spiro atoms. The van der Waals surface area contributed by atoms with Crippen LogP contribution in [0, 0.1) is 5.82 Å². The molecule has 23 heavy (non-hydrogen) atoms. The molecule has 1 aromatic carbocycles. The third-order valence-electron chi connectivity index (χ3n) is 3.01. The number of halogens is 1. The molecule has 0 aliphatic rings. The Bertz CT molecular complexity index is 611. The van der Waals surface area contributed by atoms with E-state index in [4.69, 9.17) is 0 Å². The third-order valence-corrected chi connectivity index (χ3v) is 5.02. The summed E-state index contributed by atoms with van der Waals surface area (Å²) in [4.78, 5) is 15.7. The lowest BCUT2D eigenvalue weighted by molar-refractivity contribution is -0.118. The molecule has 0 saturated carbocycles. The number of hydrogen-bond donors (Lipinski definition) is 1. The van der Waals surface area contributed by atoms with Gasteiger partial charge in [0, 0.05) is 36.2 Å².